The van der Waals surface area contributed by atoms with Crippen LogP contribution in [-0.4, -0.2) is 72.0 Å². The third-order valence-corrected chi connectivity index (χ3v) is 5.76. The third kappa shape index (κ3) is 3.91. The van der Waals surface area contributed by atoms with Crippen molar-refractivity contribution in [2.45, 2.75) is 25.9 Å². The second kappa shape index (κ2) is 8.32. The van der Waals surface area contributed by atoms with Gasteiger partial charge in [0, 0.05) is 51.9 Å². The Hall–Kier alpha value is -2.38. The van der Waals surface area contributed by atoms with Gasteiger partial charge in [-0.15, -0.1) is 0 Å². The molecule has 2 aromatic rings. The molecular formula is C21H28N4O3. The molecule has 7 heteroatoms. The van der Waals surface area contributed by atoms with Crippen molar-refractivity contribution in [2.75, 3.05) is 46.5 Å². The highest BCUT2D eigenvalue weighted by Crippen LogP contribution is 2.31. The second-order valence-electron chi connectivity index (χ2n) is 7.45. The van der Waals surface area contributed by atoms with Crippen LogP contribution in [0.4, 0.5) is 0 Å². The van der Waals surface area contributed by atoms with Crippen LogP contribution < -0.4 is 4.74 Å². The molecule has 150 valence electrons. The number of carbonyl (C=O) groups is 1. The second-order valence-corrected chi connectivity index (χ2v) is 7.45. The first kappa shape index (κ1) is 19.0. The lowest BCUT2D eigenvalue weighted by molar-refractivity contribution is 0.0582. The summed E-state index contributed by atoms with van der Waals surface area (Å²) in [4.78, 5) is 17.1. The number of amides is 1. The van der Waals surface area contributed by atoms with Crippen LogP contribution in [0.2, 0.25) is 0 Å². The van der Waals surface area contributed by atoms with E-state index in [9.17, 15) is 4.79 Å². The SMILES string of the molecule is COCCn1cc(C(=O)N2CCN([C@@H](C)c3ccc4c(c3)OCC4)CC2)cn1. The molecule has 7 nitrogen and oxygen atoms in total. The summed E-state index contributed by atoms with van der Waals surface area (Å²) in [5, 5.41) is 4.25. The van der Waals surface area contributed by atoms with E-state index in [4.69, 9.17) is 9.47 Å². The van der Waals surface area contributed by atoms with Crippen LogP contribution >= 0.6 is 0 Å². The van der Waals surface area contributed by atoms with Crippen molar-refractivity contribution in [2.24, 2.45) is 0 Å². The van der Waals surface area contributed by atoms with Crippen LogP contribution in [0.3, 0.4) is 0 Å². The van der Waals surface area contributed by atoms with E-state index in [2.05, 4.69) is 35.1 Å². The zero-order chi connectivity index (χ0) is 19.5. The van der Waals surface area contributed by atoms with Gasteiger partial charge in [-0.2, -0.15) is 5.10 Å². The number of carbonyl (C=O) groups excluding carboxylic acids is 1. The Balaban J connectivity index is 1.33. The average Bonchev–Trinajstić information content (AvgIpc) is 3.40. The minimum atomic E-state index is 0.0573. The van der Waals surface area contributed by atoms with Gasteiger partial charge in [-0.25, -0.2) is 0 Å². The molecule has 1 fully saturated rings. The Bertz CT molecular complexity index is 827. The molecule has 0 radical (unpaired) electrons. The zero-order valence-corrected chi connectivity index (χ0v) is 16.6. The molecule has 0 unspecified atom stereocenters. The monoisotopic (exact) mass is 384 g/mol. The fourth-order valence-corrected chi connectivity index (χ4v) is 3.93. The predicted octanol–water partition coefficient (Wildman–Crippen LogP) is 1.98. The van der Waals surface area contributed by atoms with Crippen LogP contribution in [0.25, 0.3) is 0 Å². The molecule has 3 heterocycles. The average molecular weight is 384 g/mol. The molecule has 0 spiro atoms. The molecular weight excluding hydrogens is 356 g/mol. The first-order valence-corrected chi connectivity index (χ1v) is 9.96. The summed E-state index contributed by atoms with van der Waals surface area (Å²) in [6.07, 6.45) is 4.46. The smallest absolute Gasteiger partial charge is 0.257 e. The summed E-state index contributed by atoms with van der Waals surface area (Å²) in [5.74, 6) is 1.09. The highest BCUT2D eigenvalue weighted by Gasteiger charge is 2.26. The standard InChI is InChI=1S/C21H28N4O3/c1-16(18-4-3-17-5-11-28-20(17)13-18)23-6-8-24(9-7-23)21(26)19-14-22-25(15-19)10-12-27-2/h3-4,13-16H,5-12H2,1-2H3/t16-/m0/s1. The molecule has 0 saturated carbocycles. The largest absolute Gasteiger partial charge is 0.493 e. The lowest BCUT2D eigenvalue weighted by atomic mass is 10.0. The van der Waals surface area contributed by atoms with Gasteiger partial charge in [-0.05, 0) is 24.1 Å². The predicted molar refractivity (Wildman–Crippen MR) is 106 cm³/mol. The van der Waals surface area contributed by atoms with E-state index in [-0.39, 0.29) is 5.91 Å². The first-order valence-electron chi connectivity index (χ1n) is 9.96. The van der Waals surface area contributed by atoms with E-state index in [0.717, 1.165) is 45.0 Å². The molecule has 1 saturated heterocycles. The topological polar surface area (TPSA) is 59.8 Å². The fourth-order valence-electron chi connectivity index (χ4n) is 3.93. The number of nitrogens with zero attached hydrogens (tertiary/aromatic N) is 4. The lowest BCUT2D eigenvalue weighted by Crippen LogP contribution is -2.49. The van der Waals surface area contributed by atoms with E-state index in [1.54, 1.807) is 24.2 Å². The highest BCUT2D eigenvalue weighted by molar-refractivity contribution is 5.93. The van der Waals surface area contributed by atoms with Crippen molar-refractivity contribution in [1.82, 2.24) is 19.6 Å². The number of benzene rings is 1. The molecule has 1 atom stereocenters. The van der Waals surface area contributed by atoms with Gasteiger partial charge in [0.05, 0.1) is 31.5 Å². The summed E-state index contributed by atoms with van der Waals surface area (Å²) in [5.41, 5.74) is 3.23. The van der Waals surface area contributed by atoms with Gasteiger partial charge in [0.1, 0.15) is 5.75 Å². The Morgan fingerprint density at radius 2 is 2.11 bits per heavy atom. The molecule has 1 aromatic heterocycles. The van der Waals surface area contributed by atoms with Crippen molar-refractivity contribution >= 4 is 5.91 Å². The molecule has 28 heavy (non-hydrogen) atoms. The summed E-state index contributed by atoms with van der Waals surface area (Å²) < 4.78 is 12.5. The Morgan fingerprint density at radius 1 is 1.29 bits per heavy atom. The molecule has 1 aromatic carbocycles. The van der Waals surface area contributed by atoms with Gasteiger partial charge in [-0.3, -0.25) is 14.4 Å². The van der Waals surface area contributed by atoms with Crippen molar-refractivity contribution in [1.29, 1.82) is 0 Å². The van der Waals surface area contributed by atoms with Crippen molar-refractivity contribution in [3.63, 3.8) is 0 Å². The van der Waals surface area contributed by atoms with Gasteiger partial charge in [0.25, 0.3) is 5.91 Å². The Kier molecular flexibility index (Phi) is 5.64. The van der Waals surface area contributed by atoms with Gasteiger partial charge in [-0.1, -0.05) is 12.1 Å². The number of rotatable bonds is 6. The van der Waals surface area contributed by atoms with Gasteiger partial charge in [0.2, 0.25) is 0 Å². The number of ether oxygens (including phenoxy) is 2. The number of piperazine rings is 1. The molecule has 1 amide bonds. The van der Waals surface area contributed by atoms with Gasteiger partial charge < -0.3 is 14.4 Å². The zero-order valence-electron chi connectivity index (χ0n) is 16.6. The summed E-state index contributed by atoms with van der Waals surface area (Å²) in [6, 6.07) is 6.89. The maximum Gasteiger partial charge on any atom is 0.257 e. The Labute approximate surface area is 165 Å². The molecule has 2 aliphatic rings. The van der Waals surface area contributed by atoms with E-state index in [0.29, 0.717) is 24.8 Å². The summed E-state index contributed by atoms with van der Waals surface area (Å²) >= 11 is 0. The van der Waals surface area contributed by atoms with Crippen LogP contribution in [-0.2, 0) is 17.7 Å². The van der Waals surface area contributed by atoms with Crippen molar-refractivity contribution in [3.8, 4) is 5.75 Å². The maximum absolute atomic E-state index is 12.8. The number of methoxy groups -OCH3 is 1. The summed E-state index contributed by atoms with van der Waals surface area (Å²) in [7, 11) is 1.66. The highest BCUT2D eigenvalue weighted by atomic mass is 16.5. The normalized spacial score (nSPS) is 18.0. The fraction of sp³-hybridized carbons (Fsp3) is 0.524. The minimum absolute atomic E-state index is 0.0573. The Morgan fingerprint density at radius 3 is 2.89 bits per heavy atom. The van der Waals surface area contributed by atoms with Gasteiger partial charge >= 0.3 is 0 Å². The van der Waals surface area contributed by atoms with E-state index in [1.807, 2.05) is 4.90 Å². The lowest BCUT2D eigenvalue weighted by Gasteiger charge is -2.38. The first-order chi connectivity index (χ1) is 13.7. The van der Waals surface area contributed by atoms with Crippen LogP contribution in [0, 0.1) is 0 Å². The molecule has 0 bridgehead atoms. The van der Waals surface area contributed by atoms with E-state index in [1.165, 1.54) is 11.1 Å². The van der Waals surface area contributed by atoms with Gasteiger partial charge in [0.15, 0.2) is 0 Å². The molecule has 4 rings (SSSR count). The molecule has 0 aliphatic carbocycles. The quantitative estimate of drug-likeness (QED) is 0.762. The van der Waals surface area contributed by atoms with Crippen LogP contribution in [0.5, 0.6) is 5.75 Å². The number of aromatic nitrogens is 2. The molecule has 2 aliphatic heterocycles. The van der Waals surface area contributed by atoms with E-state index < -0.39 is 0 Å². The number of hydrogen-bond acceptors (Lipinski definition) is 5. The van der Waals surface area contributed by atoms with E-state index >= 15 is 0 Å². The molecule has 0 N–H and O–H groups in total. The number of hydrogen-bond donors (Lipinski definition) is 0. The van der Waals surface area contributed by atoms with Crippen LogP contribution in [0.1, 0.15) is 34.5 Å². The third-order valence-electron chi connectivity index (χ3n) is 5.76. The minimum Gasteiger partial charge on any atom is -0.493 e. The number of fused-ring (bicyclic) bond motifs is 1. The summed E-state index contributed by atoms with van der Waals surface area (Å²) in [6.45, 7) is 7.44. The van der Waals surface area contributed by atoms with Crippen molar-refractivity contribution in [3.05, 3.63) is 47.3 Å². The van der Waals surface area contributed by atoms with Crippen molar-refractivity contribution < 1.29 is 14.3 Å². The van der Waals surface area contributed by atoms with Crippen LogP contribution in [0.15, 0.2) is 30.6 Å². The maximum atomic E-state index is 12.8.